The highest BCUT2D eigenvalue weighted by molar-refractivity contribution is 8.23. The third-order valence-electron chi connectivity index (χ3n) is 3.37. The molecule has 0 aromatic heterocycles. The molecular weight excluding hydrogens is 288 g/mol. The molecule has 1 fully saturated rings. The van der Waals surface area contributed by atoms with E-state index in [2.05, 4.69) is 4.90 Å². The largest absolute Gasteiger partial charge is 0.358 e. The van der Waals surface area contributed by atoms with Crippen LogP contribution in [-0.4, -0.2) is 45.9 Å². The van der Waals surface area contributed by atoms with Crippen molar-refractivity contribution >= 4 is 34.2 Å². The second-order valence-corrected chi connectivity index (χ2v) is 6.59. The molecule has 1 aromatic rings. The smallest absolute Gasteiger partial charge is 0.233 e. The average Bonchev–Trinajstić information content (AvgIpc) is 2.99. The Morgan fingerprint density at radius 1 is 1.30 bits per heavy atom. The van der Waals surface area contributed by atoms with E-state index in [1.165, 1.54) is 24.6 Å². The topological polar surface area (TPSA) is 23.6 Å². The number of carbonyl (C=O) groups is 1. The van der Waals surface area contributed by atoms with E-state index in [1.54, 1.807) is 4.90 Å². The number of amides is 1. The van der Waals surface area contributed by atoms with Crippen molar-refractivity contribution in [2.45, 2.75) is 19.4 Å². The van der Waals surface area contributed by atoms with Gasteiger partial charge in [-0.15, -0.1) is 0 Å². The van der Waals surface area contributed by atoms with Crippen molar-refractivity contribution < 1.29 is 4.79 Å². The number of hydrogen-bond donors (Lipinski definition) is 0. The molecule has 0 radical (unpaired) electrons. The quantitative estimate of drug-likeness (QED) is 0.798. The molecule has 0 saturated carbocycles. The van der Waals surface area contributed by atoms with Crippen LogP contribution in [0.1, 0.15) is 18.4 Å². The second kappa shape index (κ2) is 7.64. The van der Waals surface area contributed by atoms with Crippen LogP contribution in [0.5, 0.6) is 0 Å². The zero-order valence-electron chi connectivity index (χ0n) is 11.7. The highest BCUT2D eigenvalue weighted by Gasteiger charge is 2.17. The van der Waals surface area contributed by atoms with Crippen molar-refractivity contribution in [3.63, 3.8) is 0 Å². The van der Waals surface area contributed by atoms with Gasteiger partial charge in [0, 0.05) is 26.7 Å². The Labute approximate surface area is 130 Å². The Hall–Kier alpha value is -1.07. The molecule has 1 aliphatic heterocycles. The summed E-state index contributed by atoms with van der Waals surface area (Å²) in [6.45, 7) is 2.73. The van der Waals surface area contributed by atoms with Crippen LogP contribution in [0, 0.1) is 0 Å². The van der Waals surface area contributed by atoms with Crippen LogP contribution in [0.3, 0.4) is 0 Å². The summed E-state index contributed by atoms with van der Waals surface area (Å²) in [5.41, 5.74) is 1.15. The van der Waals surface area contributed by atoms with Gasteiger partial charge < -0.3 is 9.80 Å². The van der Waals surface area contributed by atoms with E-state index in [4.69, 9.17) is 12.2 Å². The summed E-state index contributed by atoms with van der Waals surface area (Å²) in [7, 11) is 1.84. The van der Waals surface area contributed by atoms with Crippen molar-refractivity contribution in [3.05, 3.63) is 35.9 Å². The maximum Gasteiger partial charge on any atom is 0.233 e. The molecule has 0 atom stereocenters. The lowest BCUT2D eigenvalue weighted by Crippen LogP contribution is -2.30. The Balaban J connectivity index is 1.75. The number of thiocarbonyl (C=S) groups is 1. The summed E-state index contributed by atoms with van der Waals surface area (Å²) in [6.07, 6.45) is 2.42. The molecule has 108 valence electrons. The van der Waals surface area contributed by atoms with Gasteiger partial charge in [0.15, 0.2) is 0 Å². The van der Waals surface area contributed by atoms with Gasteiger partial charge in [-0.25, -0.2) is 0 Å². The SMILES string of the molecule is CN(Cc1ccccc1)C(=O)CSC(=S)N1CCCC1. The van der Waals surface area contributed by atoms with Crippen molar-refractivity contribution in [2.75, 3.05) is 25.9 Å². The minimum atomic E-state index is 0.125. The lowest BCUT2D eigenvalue weighted by atomic mass is 10.2. The number of rotatable bonds is 4. The summed E-state index contributed by atoms with van der Waals surface area (Å²) >= 11 is 6.85. The molecule has 0 unspecified atom stereocenters. The molecule has 1 amide bonds. The zero-order valence-corrected chi connectivity index (χ0v) is 13.4. The number of likely N-dealkylation sites (tertiary alicyclic amines) is 1. The number of carbonyl (C=O) groups excluding carboxylic acids is 1. The number of thioether (sulfide) groups is 1. The van der Waals surface area contributed by atoms with Gasteiger partial charge in [0.2, 0.25) is 5.91 Å². The van der Waals surface area contributed by atoms with Crippen LogP contribution in [0.2, 0.25) is 0 Å². The van der Waals surface area contributed by atoms with E-state index >= 15 is 0 Å². The molecule has 2 rings (SSSR count). The molecule has 1 aromatic carbocycles. The number of hydrogen-bond acceptors (Lipinski definition) is 3. The van der Waals surface area contributed by atoms with Crippen LogP contribution in [0.4, 0.5) is 0 Å². The molecule has 0 spiro atoms. The van der Waals surface area contributed by atoms with Gasteiger partial charge in [-0.2, -0.15) is 0 Å². The molecule has 1 aliphatic rings. The van der Waals surface area contributed by atoms with E-state index in [9.17, 15) is 4.79 Å². The third kappa shape index (κ3) is 4.49. The molecule has 1 heterocycles. The van der Waals surface area contributed by atoms with Crippen LogP contribution in [0.15, 0.2) is 30.3 Å². The summed E-state index contributed by atoms with van der Waals surface area (Å²) in [4.78, 5) is 16.1. The first-order valence-electron chi connectivity index (χ1n) is 6.86. The zero-order chi connectivity index (χ0) is 14.4. The van der Waals surface area contributed by atoms with Crippen molar-refractivity contribution in [1.29, 1.82) is 0 Å². The van der Waals surface area contributed by atoms with Crippen molar-refractivity contribution in [2.24, 2.45) is 0 Å². The lowest BCUT2D eigenvalue weighted by Gasteiger charge is -2.20. The van der Waals surface area contributed by atoms with Crippen LogP contribution in [0.25, 0.3) is 0 Å². The first-order valence-corrected chi connectivity index (χ1v) is 8.26. The Morgan fingerprint density at radius 3 is 2.60 bits per heavy atom. The van der Waals surface area contributed by atoms with Gasteiger partial charge in [-0.1, -0.05) is 54.3 Å². The normalized spacial score (nSPS) is 14.3. The fourth-order valence-corrected chi connectivity index (χ4v) is 3.36. The van der Waals surface area contributed by atoms with E-state index in [0.717, 1.165) is 23.0 Å². The van der Waals surface area contributed by atoms with Gasteiger partial charge in [0.05, 0.1) is 5.75 Å². The molecule has 1 saturated heterocycles. The van der Waals surface area contributed by atoms with Gasteiger partial charge >= 0.3 is 0 Å². The summed E-state index contributed by atoms with van der Waals surface area (Å²) < 4.78 is 0.865. The van der Waals surface area contributed by atoms with Gasteiger partial charge in [0.1, 0.15) is 4.32 Å². The van der Waals surface area contributed by atoms with Gasteiger partial charge in [-0.05, 0) is 18.4 Å². The number of nitrogens with zero attached hydrogens (tertiary/aromatic N) is 2. The molecule has 20 heavy (non-hydrogen) atoms. The van der Waals surface area contributed by atoms with Gasteiger partial charge in [0.25, 0.3) is 0 Å². The minimum absolute atomic E-state index is 0.125. The Morgan fingerprint density at radius 2 is 1.95 bits per heavy atom. The van der Waals surface area contributed by atoms with Crippen LogP contribution >= 0.6 is 24.0 Å². The second-order valence-electron chi connectivity index (χ2n) is 4.98. The number of benzene rings is 1. The van der Waals surface area contributed by atoms with E-state index in [1.807, 2.05) is 37.4 Å². The molecule has 0 N–H and O–H groups in total. The fraction of sp³-hybridized carbons (Fsp3) is 0.467. The van der Waals surface area contributed by atoms with Gasteiger partial charge in [-0.3, -0.25) is 4.79 Å². The summed E-state index contributed by atoms with van der Waals surface area (Å²) in [5.74, 6) is 0.555. The highest BCUT2D eigenvalue weighted by atomic mass is 32.2. The van der Waals surface area contributed by atoms with E-state index < -0.39 is 0 Å². The average molecular weight is 308 g/mol. The standard InChI is InChI=1S/C15H20N2OS2/c1-16(11-13-7-3-2-4-8-13)14(18)12-20-15(19)17-9-5-6-10-17/h2-4,7-8H,5-6,9-12H2,1H3. The maximum absolute atomic E-state index is 12.1. The monoisotopic (exact) mass is 308 g/mol. The molecule has 0 aliphatic carbocycles. The lowest BCUT2D eigenvalue weighted by molar-refractivity contribution is -0.127. The molecule has 3 nitrogen and oxygen atoms in total. The predicted molar refractivity (Wildman–Crippen MR) is 88.8 cm³/mol. The molecule has 0 bridgehead atoms. The van der Waals surface area contributed by atoms with E-state index in [-0.39, 0.29) is 5.91 Å². The predicted octanol–water partition coefficient (Wildman–Crippen LogP) is 2.76. The Bertz CT molecular complexity index is 458. The maximum atomic E-state index is 12.1. The molecular formula is C15H20N2OS2. The Kier molecular flexibility index (Phi) is 5.86. The fourth-order valence-electron chi connectivity index (χ4n) is 2.17. The summed E-state index contributed by atoms with van der Waals surface area (Å²) in [5, 5.41) is 0. The molecule has 5 heteroatoms. The van der Waals surface area contributed by atoms with E-state index in [0.29, 0.717) is 12.3 Å². The third-order valence-corrected chi connectivity index (χ3v) is 4.88. The minimum Gasteiger partial charge on any atom is -0.358 e. The summed E-state index contributed by atoms with van der Waals surface area (Å²) in [6, 6.07) is 10.0. The van der Waals surface area contributed by atoms with Crippen molar-refractivity contribution in [3.8, 4) is 0 Å². The first kappa shape index (κ1) is 15.3. The first-order chi connectivity index (χ1) is 9.66. The van der Waals surface area contributed by atoms with Crippen LogP contribution in [-0.2, 0) is 11.3 Å². The van der Waals surface area contributed by atoms with Crippen molar-refractivity contribution in [1.82, 2.24) is 9.80 Å². The highest BCUT2D eigenvalue weighted by Crippen LogP contribution is 2.16. The van der Waals surface area contributed by atoms with Crippen LogP contribution < -0.4 is 0 Å².